The average molecular weight is 190 g/mol. The third-order valence-corrected chi connectivity index (χ3v) is 0.276. The highest BCUT2D eigenvalue weighted by Gasteiger charge is 1.94. The summed E-state index contributed by atoms with van der Waals surface area (Å²) >= 11 is 0. The fourth-order valence-corrected chi connectivity index (χ4v) is 0.101. The van der Waals surface area contributed by atoms with Crippen LogP contribution in [-0.4, -0.2) is 11.7 Å². The molecular weight excluding hydrogens is 188 g/mol. The summed E-state index contributed by atoms with van der Waals surface area (Å²) in [6.07, 6.45) is 0. The predicted molar refractivity (Wildman–Crippen MR) is 18.5 cm³/mol. The molecular formula is CH2O11. The quantitative estimate of drug-likeness (QED) is 0.210. The summed E-state index contributed by atoms with van der Waals surface area (Å²) in [6.45, 7) is -0.108. The zero-order valence-electron chi connectivity index (χ0n) is 5.11. The van der Waals surface area contributed by atoms with E-state index in [4.69, 9.17) is 5.26 Å². The lowest BCUT2D eigenvalue weighted by atomic mass is 11.7. The van der Waals surface area contributed by atoms with E-state index in [0.29, 0.717) is 0 Å². The zero-order chi connectivity index (χ0) is 9.07. The lowest BCUT2D eigenvalue weighted by molar-refractivity contribution is -0.841. The molecule has 0 amide bonds. The molecule has 11 nitrogen and oxygen atoms in total. The molecule has 12 heavy (non-hydrogen) atoms. The highest BCUT2D eigenvalue weighted by molar-refractivity contribution is 5.35. The standard InChI is InChI=1S/CH2O11/c2-1-4-6-8-10-12-11-9-7-5-3/h1,3H. The van der Waals surface area contributed by atoms with Gasteiger partial charge in [-0.1, -0.05) is 0 Å². The van der Waals surface area contributed by atoms with Gasteiger partial charge in [0.15, 0.2) is 0 Å². The van der Waals surface area contributed by atoms with Gasteiger partial charge in [0.1, 0.15) is 0 Å². The fourth-order valence-electron chi connectivity index (χ4n) is 0.101. The molecule has 0 aliphatic heterocycles. The molecule has 0 spiro atoms. The Hall–Kier alpha value is -0.890. The van der Waals surface area contributed by atoms with Crippen molar-refractivity contribution in [2.45, 2.75) is 0 Å². The molecule has 1 N–H and O–H groups in total. The van der Waals surface area contributed by atoms with Gasteiger partial charge in [0.25, 0.3) is 0 Å². The van der Waals surface area contributed by atoms with Gasteiger partial charge < -0.3 is 0 Å². The van der Waals surface area contributed by atoms with Crippen molar-refractivity contribution in [3.63, 3.8) is 0 Å². The fraction of sp³-hybridized carbons (Fsp3) is 0. The summed E-state index contributed by atoms with van der Waals surface area (Å²) in [5.74, 6) is 0. The minimum atomic E-state index is -0.108. The van der Waals surface area contributed by atoms with Crippen molar-refractivity contribution in [3.05, 3.63) is 0 Å². The molecule has 0 fully saturated rings. The van der Waals surface area contributed by atoms with E-state index in [1.165, 1.54) is 0 Å². The Morgan fingerprint density at radius 3 is 1.83 bits per heavy atom. The first-order chi connectivity index (χ1) is 5.91. The molecule has 0 radical (unpaired) electrons. The average Bonchev–Trinajstić information content (AvgIpc) is 2.10. The van der Waals surface area contributed by atoms with Crippen LogP contribution in [-0.2, 0) is 50.0 Å². The smallest absolute Gasteiger partial charge is 0.270 e. The van der Waals surface area contributed by atoms with Crippen LogP contribution in [0.15, 0.2) is 0 Å². The predicted octanol–water partition coefficient (Wildman–Crippen LogP) is -0.915. The van der Waals surface area contributed by atoms with Gasteiger partial charge in [-0.15, -0.1) is 0 Å². The Morgan fingerprint density at radius 2 is 1.33 bits per heavy atom. The molecule has 0 aliphatic carbocycles. The molecule has 0 atom stereocenters. The lowest BCUT2D eigenvalue weighted by Gasteiger charge is -1.95. The molecule has 0 bridgehead atoms. The molecule has 0 aromatic heterocycles. The zero-order valence-corrected chi connectivity index (χ0v) is 5.11. The highest BCUT2D eigenvalue weighted by Crippen LogP contribution is 1.87. The van der Waals surface area contributed by atoms with Crippen molar-refractivity contribution in [1.29, 1.82) is 0 Å². The van der Waals surface area contributed by atoms with E-state index in [-0.39, 0.29) is 6.47 Å². The number of hydrogen-bond acceptors (Lipinski definition) is 11. The van der Waals surface area contributed by atoms with Crippen molar-refractivity contribution >= 4 is 6.47 Å². The molecule has 0 rings (SSSR count). The van der Waals surface area contributed by atoms with Crippen LogP contribution >= 0.6 is 0 Å². The monoisotopic (exact) mass is 190 g/mol. The van der Waals surface area contributed by atoms with Crippen LogP contribution < -0.4 is 0 Å². The lowest BCUT2D eigenvalue weighted by Crippen LogP contribution is -2.01. The molecule has 11 heteroatoms. The van der Waals surface area contributed by atoms with Gasteiger partial charge in [-0.3, -0.25) is 9.68 Å². The SMILES string of the molecule is O=COOOOOOOOOO. The van der Waals surface area contributed by atoms with Crippen LogP contribution in [0.4, 0.5) is 0 Å². The molecule has 0 saturated carbocycles. The first kappa shape index (κ1) is 11.1. The van der Waals surface area contributed by atoms with E-state index >= 15 is 0 Å². The van der Waals surface area contributed by atoms with Crippen LogP contribution in [0, 0.1) is 0 Å². The van der Waals surface area contributed by atoms with Gasteiger partial charge in [0, 0.05) is 20.2 Å². The molecule has 0 saturated heterocycles. The Morgan fingerprint density at radius 1 is 0.833 bits per heavy atom. The molecule has 0 aromatic carbocycles. The largest absolute Gasteiger partial charge is 0.334 e. The Balaban J connectivity index is 2.77. The van der Waals surface area contributed by atoms with Crippen LogP contribution in [0.2, 0.25) is 0 Å². The van der Waals surface area contributed by atoms with Crippen molar-refractivity contribution < 1.29 is 55.2 Å². The maximum atomic E-state index is 9.34. The second kappa shape index (κ2) is 10.1. The summed E-state index contributed by atoms with van der Waals surface area (Å²) < 4.78 is 0. The van der Waals surface area contributed by atoms with E-state index < -0.39 is 0 Å². The number of rotatable bonds is 9. The minimum absolute atomic E-state index is 0.108. The molecule has 0 aromatic rings. The highest BCUT2D eigenvalue weighted by atomic mass is 17.9. The van der Waals surface area contributed by atoms with E-state index in [2.05, 4.69) is 45.2 Å². The topological polar surface area (TPSA) is 120 Å². The van der Waals surface area contributed by atoms with Crippen molar-refractivity contribution in [3.8, 4) is 0 Å². The van der Waals surface area contributed by atoms with Gasteiger partial charge in [-0.25, -0.2) is 5.26 Å². The van der Waals surface area contributed by atoms with Crippen molar-refractivity contribution in [1.82, 2.24) is 0 Å². The Labute approximate surface area is 63.1 Å². The van der Waals surface area contributed by atoms with Gasteiger partial charge >= 0.3 is 6.47 Å². The normalized spacial score (nSPS) is 9.75. The van der Waals surface area contributed by atoms with Gasteiger partial charge in [-0.2, -0.15) is 0 Å². The van der Waals surface area contributed by atoms with Crippen molar-refractivity contribution in [2.75, 3.05) is 0 Å². The third-order valence-electron chi connectivity index (χ3n) is 0.276. The van der Waals surface area contributed by atoms with E-state index in [1.807, 2.05) is 0 Å². The van der Waals surface area contributed by atoms with Crippen LogP contribution in [0.3, 0.4) is 0 Å². The first-order valence-electron chi connectivity index (χ1n) is 1.99. The maximum absolute atomic E-state index is 9.34. The molecule has 0 heterocycles. The Bertz CT molecular complexity index is 89.0. The third kappa shape index (κ3) is 9.11. The maximum Gasteiger partial charge on any atom is 0.334 e. The summed E-state index contributed by atoms with van der Waals surface area (Å²) in [4.78, 5) is 12.8. The number of hydrogen-bond donors (Lipinski definition) is 1. The van der Waals surface area contributed by atoms with Gasteiger partial charge in [0.2, 0.25) is 0 Å². The van der Waals surface area contributed by atoms with Crippen LogP contribution in [0.1, 0.15) is 0 Å². The van der Waals surface area contributed by atoms with Gasteiger partial charge in [0.05, 0.1) is 0 Å². The molecule has 72 valence electrons. The summed E-state index contributed by atoms with van der Waals surface area (Å²) in [6, 6.07) is 0. The van der Waals surface area contributed by atoms with E-state index in [9.17, 15) is 4.79 Å². The summed E-state index contributed by atoms with van der Waals surface area (Å²) in [5, 5.41) is 33.8. The van der Waals surface area contributed by atoms with Crippen molar-refractivity contribution in [2.24, 2.45) is 0 Å². The second-order valence-electron chi connectivity index (χ2n) is 0.743. The second-order valence-corrected chi connectivity index (χ2v) is 0.743. The minimum Gasteiger partial charge on any atom is -0.270 e. The molecule has 0 aliphatic rings. The van der Waals surface area contributed by atoms with E-state index in [0.717, 1.165) is 0 Å². The summed E-state index contributed by atoms with van der Waals surface area (Å²) in [5.41, 5.74) is 0. The van der Waals surface area contributed by atoms with Gasteiger partial charge in [-0.05, 0) is 20.2 Å². The number of carbonyl (C=O) groups excluding carboxylic acids is 1. The van der Waals surface area contributed by atoms with E-state index in [1.54, 1.807) is 0 Å². The molecule has 0 unspecified atom stereocenters. The number of carbonyl (C=O) groups is 1. The Kier molecular flexibility index (Phi) is 9.36. The summed E-state index contributed by atoms with van der Waals surface area (Å²) in [7, 11) is 0. The first-order valence-corrected chi connectivity index (χ1v) is 1.99. The van der Waals surface area contributed by atoms with Crippen LogP contribution in [0.25, 0.3) is 0 Å². The van der Waals surface area contributed by atoms with Crippen LogP contribution in [0.5, 0.6) is 0 Å².